The summed E-state index contributed by atoms with van der Waals surface area (Å²) < 4.78 is 11.6. The summed E-state index contributed by atoms with van der Waals surface area (Å²) in [4.78, 5) is 18.4. The van der Waals surface area contributed by atoms with Gasteiger partial charge < -0.3 is 19.7 Å². The molecule has 0 radical (unpaired) electrons. The molecule has 1 aromatic carbocycles. The molecule has 0 unspecified atom stereocenters. The normalized spacial score (nSPS) is 14.8. The van der Waals surface area contributed by atoms with Crippen LogP contribution in [0.15, 0.2) is 48.7 Å². The molecule has 0 spiro atoms. The van der Waals surface area contributed by atoms with Gasteiger partial charge in [0.05, 0.1) is 24.9 Å². The van der Waals surface area contributed by atoms with E-state index in [1.54, 1.807) is 6.20 Å². The molecule has 3 rings (SSSR count). The molecule has 1 aromatic heterocycles. The predicted molar refractivity (Wildman–Crippen MR) is 104 cm³/mol. The number of carbonyl (C=O) groups is 1. The van der Waals surface area contributed by atoms with Crippen LogP contribution in [0.5, 0.6) is 5.75 Å². The van der Waals surface area contributed by atoms with Crippen molar-refractivity contribution in [2.75, 3.05) is 26.2 Å². The highest BCUT2D eigenvalue weighted by Crippen LogP contribution is 2.16. The Morgan fingerprint density at radius 3 is 2.70 bits per heavy atom. The van der Waals surface area contributed by atoms with E-state index in [1.165, 1.54) is 0 Å². The van der Waals surface area contributed by atoms with E-state index in [9.17, 15) is 4.79 Å². The number of hydrogen-bond acceptors (Lipinski definition) is 4. The Hall–Kier alpha value is -2.60. The smallest absolute Gasteiger partial charge is 0.317 e. The molecule has 1 N–H and O–H groups in total. The fourth-order valence-electron chi connectivity index (χ4n) is 3.06. The summed E-state index contributed by atoms with van der Waals surface area (Å²) in [7, 11) is 0. The van der Waals surface area contributed by atoms with E-state index in [0.29, 0.717) is 32.8 Å². The highest BCUT2D eigenvalue weighted by atomic mass is 16.5. The van der Waals surface area contributed by atoms with E-state index < -0.39 is 0 Å². The lowest BCUT2D eigenvalue weighted by Gasteiger charge is -2.31. The van der Waals surface area contributed by atoms with Gasteiger partial charge in [0.1, 0.15) is 12.4 Å². The summed E-state index contributed by atoms with van der Waals surface area (Å²) in [5.41, 5.74) is 2.03. The molecule has 2 aromatic rings. The van der Waals surface area contributed by atoms with Crippen LogP contribution in [0.4, 0.5) is 4.79 Å². The monoisotopic (exact) mass is 369 g/mol. The maximum absolute atomic E-state index is 12.3. The van der Waals surface area contributed by atoms with Crippen LogP contribution in [0.25, 0.3) is 0 Å². The number of likely N-dealkylation sites (tertiary alicyclic amines) is 1. The van der Waals surface area contributed by atoms with Gasteiger partial charge in [-0.15, -0.1) is 0 Å². The molecule has 2 heterocycles. The number of pyridine rings is 1. The number of benzene rings is 1. The molecular weight excluding hydrogens is 342 g/mol. The number of urea groups is 1. The Balaban J connectivity index is 1.31. The van der Waals surface area contributed by atoms with Gasteiger partial charge in [-0.05, 0) is 43.5 Å². The number of nitrogens with zero attached hydrogens (tertiary/aromatic N) is 2. The van der Waals surface area contributed by atoms with Crippen molar-refractivity contribution in [1.82, 2.24) is 15.2 Å². The minimum absolute atomic E-state index is 0.0356. The minimum atomic E-state index is -0.0356. The van der Waals surface area contributed by atoms with E-state index >= 15 is 0 Å². The standard InChI is InChI=1S/C21H27N3O3/c1-17-6-2-3-8-20(17)26-15-12-23-21(25)24-13-9-19(10-14-24)27-16-18-7-4-5-11-22-18/h2-8,11,19H,9-10,12-16H2,1H3,(H,23,25). The first kappa shape index (κ1) is 19.2. The van der Waals surface area contributed by atoms with Crippen molar-refractivity contribution < 1.29 is 14.3 Å². The van der Waals surface area contributed by atoms with Crippen LogP contribution in [-0.4, -0.2) is 48.3 Å². The number of aromatic nitrogens is 1. The summed E-state index contributed by atoms with van der Waals surface area (Å²) in [6.07, 6.45) is 3.65. The van der Waals surface area contributed by atoms with E-state index in [0.717, 1.165) is 29.8 Å². The SMILES string of the molecule is Cc1ccccc1OCCNC(=O)N1CCC(OCc2ccccn2)CC1. The van der Waals surface area contributed by atoms with Gasteiger partial charge in [-0.3, -0.25) is 4.98 Å². The fraction of sp³-hybridized carbons (Fsp3) is 0.429. The second-order valence-electron chi connectivity index (χ2n) is 6.66. The van der Waals surface area contributed by atoms with Gasteiger partial charge in [-0.2, -0.15) is 0 Å². The fourth-order valence-corrected chi connectivity index (χ4v) is 3.06. The van der Waals surface area contributed by atoms with Crippen LogP contribution >= 0.6 is 0 Å². The highest BCUT2D eigenvalue weighted by molar-refractivity contribution is 5.74. The lowest BCUT2D eigenvalue weighted by molar-refractivity contribution is 0.00304. The van der Waals surface area contributed by atoms with E-state index in [-0.39, 0.29) is 12.1 Å². The number of para-hydroxylation sites is 1. The Labute approximate surface area is 160 Å². The minimum Gasteiger partial charge on any atom is -0.491 e. The second kappa shape index (κ2) is 9.92. The number of ether oxygens (including phenoxy) is 2. The maximum Gasteiger partial charge on any atom is 0.317 e. The molecule has 2 amide bonds. The molecule has 6 nitrogen and oxygen atoms in total. The van der Waals surface area contributed by atoms with Gasteiger partial charge in [0.25, 0.3) is 0 Å². The summed E-state index contributed by atoms with van der Waals surface area (Å²) in [6.45, 7) is 4.89. The molecule has 1 fully saturated rings. The number of aryl methyl sites for hydroxylation is 1. The number of nitrogens with one attached hydrogen (secondary N) is 1. The van der Waals surface area contributed by atoms with Gasteiger partial charge in [0, 0.05) is 19.3 Å². The average Bonchev–Trinajstić information content (AvgIpc) is 2.72. The number of hydrogen-bond donors (Lipinski definition) is 1. The number of piperidine rings is 1. The lowest BCUT2D eigenvalue weighted by atomic mass is 10.1. The molecule has 0 atom stereocenters. The summed E-state index contributed by atoms with van der Waals surface area (Å²) in [6, 6.07) is 13.7. The van der Waals surface area contributed by atoms with Crippen molar-refractivity contribution in [1.29, 1.82) is 0 Å². The van der Waals surface area contributed by atoms with E-state index in [2.05, 4.69) is 10.3 Å². The lowest BCUT2D eigenvalue weighted by Crippen LogP contribution is -2.46. The van der Waals surface area contributed by atoms with Gasteiger partial charge in [-0.1, -0.05) is 24.3 Å². The number of amides is 2. The molecule has 0 bridgehead atoms. The zero-order valence-electron chi connectivity index (χ0n) is 15.8. The first-order valence-electron chi connectivity index (χ1n) is 9.45. The van der Waals surface area contributed by atoms with Crippen molar-refractivity contribution in [3.8, 4) is 5.75 Å². The van der Waals surface area contributed by atoms with Crippen LogP contribution < -0.4 is 10.1 Å². The molecular formula is C21H27N3O3. The van der Waals surface area contributed by atoms with Crippen LogP contribution in [0, 0.1) is 6.92 Å². The summed E-state index contributed by atoms with van der Waals surface area (Å²) in [5.74, 6) is 0.859. The first-order chi connectivity index (χ1) is 13.2. The third-order valence-electron chi connectivity index (χ3n) is 4.65. The zero-order valence-corrected chi connectivity index (χ0v) is 15.8. The van der Waals surface area contributed by atoms with Gasteiger partial charge in [0.2, 0.25) is 0 Å². The van der Waals surface area contributed by atoms with Gasteiger partial charge in [-0.25, -0.2) is 4.79 Å². The Kier molecular flexibility index (Phi) is 7.04. The van der Waals surface area contributed by atoms with Gasteiger partial charge in [0.15, 0.2) is 0 Å². The van der Waals surface area contributed by atoms with E-state index in [1.807, 2.05) is 54.3 Å². The molecule has 6 heteroatoms. The number of carbonyl (C=O) groups excluding carboxylic acids is 1. The Morgan fingerprint density at radius 1 is 1.19 bits per heavy atom. The molecule has 27 heavy (non-hydrogen) atoms. The van der Waals surface area contributed by atoms with Crippen molar-refractivity contribution in [2.45, 2.75) is 32.5 Å². The summed E-state index contributed by atoms with van der Waals surface area (Å²) >= 11 is 0. The van der Waals surface area contributed by atoms with Crippen molar-refractivity contribution in [3.63, 3.8) is 0 Å². The van der Waals surface area contributed by atoms with Crippen LogP contribution in [-0.2, 0) is 11.3 Å². The Morgan fingerprint density at radius 2 is 1.96 bits per heavy atom. The van der Waals surface area contributed by atoms with E-state index in [4.69, 9.17) is 9.47 Å². The van der Waals surface area contributed by atoms with Crippen molar-refractivity contribution in [2.24, 2.45) is 0 Å². The first-order valence-corrected chi connectivity index (χ1v) is 9.45. The Bertz CT molecular complexity index is 716. The average molecular weight is 369 g/mol. The molecule has 0 aliphatic carbocycles. The number of rotatable bonds is 7. The second-order valence-corrected chi connectivity index (χ2v) is 6.66. The van der Waals surface area contributed by atoms with Crippen LogP contribution in [0.2, 0.25) is 0 Å². The zero-order chi connectivity index (χ0) is 18.9. The topological polar surface area (TPSA) is 63.7 Å². The summed E-state index contributed by atoms with van der Waals surface area (Å²) in [5, 5.41) is 2.93. The largest absolute Gasteiger partial charge is 0.491 e. The third-order valence-corrected chi connectivity index (χ3v) is 4.65. The molecule has 0 saturated carbocycles. The quantitative estimate of drug-likeness (QED) is 0.762. The molecule has 1 aliphatic heterocycles. The van der Waals surface area contributed by atoms with Crippen LogP contribution in [0.3, 0.4) is 0 Å². The maximum atomic E-state index is 12.3. The van der Waals surface area contributed by atoms with Gasteiger partial charge >= 0.3 is 6.03 Å². The predicted octanol–water partition coefficient (Wildman–Crippen LogP) is 3.16. The van der Waals surface area contributed by atoms with Crippen molar-refractivity contribution in [3.05, 3.63) is 59.9 Å². The molecule has 1 saturated heterocycles. The molecule has 1 aliphatic rings. The van der Waals surface area contributed by atoms with Crippen molar-refractivity contribution >= 4 is 6.03 Å². The molecule has 144 valence electrons. The van der Waals surface area contributed by atoms with Crippen LogP contribution in [0.1, 0.15) is 24.1 Å². The highest BCUT2D eigenvalue weighted by Gasteiger charge is 2.23. The third kappa shape index (κ3) is 5.96.